The maximum absolute atomic E-state index is 12.9. The summed E-state index contributed by atoms with van der Waals surface area (Å²) in [5.74, 6) is 0.565. The number of aryl methyl sites for hydroxylation is 3. The molecular formula is C17H18N2O3S2. The van der Waals surface area contributed by atoms with Gasteiger partial charge in [-0.05, 0) is 37.5 Å². The highest BCUT2D eigenvalue weighted by Crippen LogP contribution is 2.34. The van der Waals surface area contributed by atoms with Crippen LogP contribution < -0.4 is 4.72 Å². The van der Waals surface area contributed by atoms with E-state index in [0.29, 0.717) is 16.3 Å². The predicted octanol–water partition coefficient (Wildman–Crippen LogP) is 4.38. The summed E-state index contributed by atoms with van der Waals surface area (Å²) in [6.45, 7) is 5.69. The monoisotopic (exact) mass is 362 g/mol. The van der Waals surface area contributed by atoms with Gasteiger partial charge in [-0.3, -0.25) is 4.72 Å². The number of sulfonamides is 1. The van der Waals surface area contributed by atoms with Crippen LogP contribution in [0, 0.1) is 13.8 Å². The number of hydrogen-bond donors (Lipinski definition) is 1. The van der Waals surface area contributed by atoms with Gasteiger partial charge < -0.3 is 4.52 Å². The number of nitrogens with zero attached hydrogens (tertiary/aromatic N) is 1. The van der Waals surface area contributed by atoms with E-state index in [2.05, 4.69) is 9.88 Å². The lowest BCUT2D eigenvalue weighted by Crippen LogP contribution is -2.15. The van der Waals surface area contributed by atoms with Crippen LogP contribution in [-0.4, -0.2) is 13.6 Å². The molecule has 3 rings (SSSR count). The molecule has 0 amide bonds. The zero-order valence-corrected chi connectivity index (χ0v) is 15.3. The van der Waals surface area contributed by atoms with Gasteiger partial charge in [0.15, 0.2) is 5.76 Å². The van der Waals surface area contributed by atoms with Crippen molar-refractivity contribution in [1.82, 2.24) is 5.16 Å². The van der Waals surface area contributed by atoms with Crippen molar-refractivity contribution in [2.24, 2.45) is 0 Å². The lowest BCUT2D eigenvalue weighted by atomic mass is 10.1. The highest BCUT2D eigenvalue weighted by Gasteiger charge is 2.23. The number of para-hydroxylation sites is 1. The van der Waals surface area contributed by atoms with Crippen molar-refractivity contribution in [2.75, 3.05) is 4.72 Å². The second-order valence-corrected chi connectivity index (χ2v) is 8.38. The summed E-state index contributed by atoms with van der Waals surface area (Å²) in [7, 11) is -3.67. The predicted molar refractivity (Wildman–Crippen MR) is 95.9 cm³/mol. The third kappa shape index (κ3) is 3.09. The molecule has 0 aliphatic carbocycles. The molecule has 0 saturated heterocycles. The average molecular weight is 362 g/mol. The van der Waals surface area contributed by atoms with Gasteiger partial charge in [0.05, 0.1) is 16.8 Å². The van der Waals surface area contributed by atoms with Gasteiger partial charge in [0, 0.05) is 10.9 Å². The standard InChI is InChI=1S/C17H18N2O3S2/c1-4-13-7-5-6-11(2)17(13)19-24(20,21)16-10-15(23-12(16)3)14-8-9-18-22-14/h5-10,19H,4H2,1-3H3. The van der Waals surface area contributed by atoms with Gasteiger partial charge in [0.1, 0.15) is 4.90 Å². The molecule has 0 spiro atoms. The van der Waals surface area contributed by atoms with Crippen molar-refractivity contribution in [3.63, 3.8) is 0 Å². The Morgan fingerprint density at radius 3 is 2.71 bits per heavy atom. The van der Waals surface area contributed by atoms with Crippen LogP contribution in [0.25, 0.3) is 10.6 Å². The molecule has 0 aliphatic rings. The van der Waals surface area contributed by atoms with Crippen LogP contribution in [0.2, 0.25) is 0 Å². The largest absolute Gasteiger partial charge is 0.355 e. The van der Waals surface area contributed by atoms with Crippen LogP contribution in [0.15, 0.2) is 45.9 Å². The third-order valence-corrected chi connectivity index (χ3v) is 6.49. The molecule has 0 atom stereocenters. The van der Waals surface area contributed by atoms with Gasteiger partial charge in [-0.15, -0.1) is 11.3 Å². The van der Waals surface area contributed by atoms with Crippen LogP contribution in [0.5, 0.6) is 0 Å². The summed E-state index contributed by atoms with van der Waals surface area (Å²) >= 11 is 1.37. The van der Waals surface area contributed by atoms with Crippen LogP contribution in [0.1, 0.15) is 22.9 Å². The highest BCUT2D eigenvalue weighted by molar-refractivity contribution is 7.93. The van der Waals surface area contributed by atoms with Crippen LogP contribution in [-0.2, 0) is 16.4 Å². The summed E-state index contributed by atoms with van der Waals surface area (Å²) in [5, 5.41) is 3.67. The average Bonchev–Trinajstić information content (AvgIpc) is 3.18. The first-order valence-corrected chi connectivity index (χ1v) is 9.85. The van der Waals surface area contributed by atoms with Crippen molar-refractivity contribution in [3.05, 3.63) is 52.5 Å². The lowest BCUT2D eigenvalue weighted by Gasteiger charge is -2.14. The minimum Gasteiger partial charge on any atom is -0.355 e. The Labute approximate surface area is 145 Å². The fraction of sp³-hybridized carbons (Fsp3) is 0.235. The van der Waals surface area contributed by atoms with E-state index < -0.39 is 10.0 Å². The molecule has 1 aromatic carbocycles. The van der Waals surface area contributed by atoms with E-state index in [4.69, 9.17) is 4.52 Å². The maximum Gasteiger partial charge on any atom is 0.263 e. The van der Waals surface area contributed by atoms with E-state index in [9.17, 15) is 8.42 Å². The Hall–Kier alpha value is -2.12. The van der Waals surface area contributed by atoms with E-state index in [1.807, 2.05) is 32.0 Å². The fourth-order valence-electron chi connectivity index (χ4n) is 2.56. The van der Waals surface area contributed by atoms with E-state index in [-0.39, 0.29) is 4.90 Å². The van der Waals surface area contributed by atoms with Gasteiger partial charge >= 0.3 is 0 Å². The second-order valence-electron chi connectivity index (χ2n) is 5.48. The fourth-order valence-corrected chi connectivity index (χ4v) is 5.28. The SMILES string of the molecule is CCc1cccc(C)c1NS(=O)(=O)c1cc(-c2ccno2)sc1C. The first kappa shape index (κ1) is 16.7. The van der Waals surface area contributed by atoms with Gasteiger partial charge in [0.2, 0.25) is 0 Å². The molecule has 7 heteroatoms. The first-order chi connectivity index (χ1) is 11.4. The van der Waals surface area contributed by atoms with Crippen molar-refractivity contribution in [2.45, 2.75) is 32.1 Å². The highest BCUT2D eigenvalue weighted by atomic mass is 32.2. The Morgan fingerprint density at radius 2 is 2.04 bits per heavy atom. The quantitative estimate of drug-likeness (QED) is 0.731. The van der Waals surface area contributed by atoms with E-state index in [1.54, 1.807) is 19.1 Å². The normalized spacial score (nSPS) is 11.6. The van der Waals surface area contributed by atoms with Crippen LogP contribution >= 0.6 is 11.3 Å². The summed E-state index contributed by atoms with van der Waals surface area (Å²) in [6, 6.07) is 9.12. The molecule has 24 heavy (non-hydrogen) atoms. The summed E-state index contributed by atoms with van der Waals surface area (Å²) < 4.78 is 33.6. The Balaban J connectivity index is 2.01. The second kappa shape index (κ2) is 6.41. The number of thiophene rings is 1. The van der Waals surface area contributed by atoms with Gasteiger partial charge in [-0.2, -0.15) is 0 Å². The van der Waals surface area contributed by atoms with Crippen molar-refractivity contribution in [1.29, 1.82) is 0 Å². The molecule has 126 valence electrons. The smallest absolute Gasteiger partial charge is 0.263 e. The van der Waals surface area contributed by atoms with E-state index in [0.717, 1.165) is 22.4 Å². The van der Waals surface area contributed by atoms with E-state index in [1.165, 1.54) is 17.5 Å². The molecule has 0 aliphatic heterocycles. The Kier molecular flexibility index (Phi) is 4.47. The molecule has 2 aromatic heterocycles. The van der Waals surface area contributed by atoms with Crippen molar-refractivity contribution >= 4 is 27.0 Å². The number of rotatable bonds is 5. The molecule has 0 radical (unpaired) electrons. The molecule has 3 aromatic rings. The number of aromatic nitrogens is 1. The Morgan fingerprint density at radius 1 is 1.25 bits per heavy atom. The van der Waals surface area contributed by atoms with Crippen LogP contribution in [0.4, 0.5) is 5.69 Å². The lowest BCUT2D eigenvalue weighted by molar-refractivity contribution is 0.433. The molecule has 0 unspecified atom stereocenters. The minimum atomic E-state index is -3.67. The molecule has 0 bridgehead atoms. The minimum absolute atomic E-state index is 0.268. The van der Waals surface area contributed by atoms with Gasteiger partial charge in [-0.1, -0.05) is 30.3 Å². The number of nitrogens with one attached hydrogen (secondary N) is 1. The zero-order valence-electron chi connectivity index (χ0n) is 13.7. The molecule has 5 nitrogen and oxygen atoms in total. The van der Waals surface area contributed by atoms with Crippen molar-refractivity contribution < 1.29 is 12.9 Å². The zero-order chi connectivity index (χ0) is 17.3. The van der Waals surface area contributed by atoms with Gasteiger partial charge in [0.25, 0.3) is 10.0 Å². The maximum atomic E-state index is 12.9. The third-order valence-electron chi connectivity index (χ3n) is 3.82. The molecule has 2 heterocycles. The Bertz CT molecular complexity index is 958. The molecule has 1 N–H and O–H groups in total. The molecule has 0 fully saturated rings. The number of anilines is 1. The number of hydrogen-bond acceptors (Lipinski definition) is 5. The summed E-state index contributed by atoms with van der Waals surface area (Å²) in [4.78, 5) is 1.72. The number of benzene rings is 1. The first-order valence-electron chi connectivity index (χ1n) is 7.55. The molecule has 0 saturated carbocycles. The molecular weight excluding hydrogens is 344 g/mol. The topological polar surface area (TPSA) is 72.2 Å². The summed E-state index contributed by atoms with van der Waals surface area (Å²) in [6.07, 6.45) is 2.29. The van der Waals surface area contributed by atoms with Crippen molar-refractivity contribution in [3.8, 4) is 10.6 Å². The summed E-state index contributed by atoms with van der Waals surface area (Å²) in [5.41, 5.74) is 2.54. The van der Waals surface area contributed by atoms with Crippen LogP contribution in [0.3, 0.4) is 0 Å². The van der Waals surface area contributed by atoms with E-state index >= 15 is 0 Å². The van der Waals surface area contributed by atoms with Gasteiger partial charge in [-0.25, -0.2) is 8.42 Å².